The molecular formula is C32H41N7O7S2. The first kappa shape index (κ1) is 34.0. The van der Waals surface area contributed by atoms with Crippen LogP contribution in [0.2, 0.25) is 0 Å². The van der Waals surface area contributed by atoms with Crippen LogP contribution in [0, 0.1) is 17.3 Å². The van der Waals surface area contributed by atoms with Gasteiger partial charge in [0, 0.05) is 36.5 Å². The molecule has 2 aromatic heterocycles. The van der Waals surface area contributed by atoms with Crippen molar-refractivity contribution in [2.24, 2.45) is 17.3 Å². The molecule has 0 radical (unpaired) electrons. The van der Waals surface area contributed by atoms with Crippen molar-refractivity contribution in [2.45, 2.75) is 94.7 Å². The maximum absolute atomic E-state index is 14.3. The fourth-order valence-electron chi connectivity index (χ4n) is 6.03. The lowest BCUT2D eigenvalue weighted by Gasteiger charge is -2.35. The maximum atomic E-state index is 14.3. The molecule has 3 N–H and O–H groups in total. The van der Waals surface area contributed by atoms with Gasteiger partial charge in [0.1, 0.15) is 34.4 Å². The Morgan fingerprint density at radius 1 is 1.17 bits per heavy atom. The van der Waals surface area contributed by atoms with Crippen LogP contribution in [-0.4, -0.2) is 87.4 Å². The summed E-state index contributed by atoms with van der Waals surface area (Å²) in [5.74, 6) is -2.37. The first-order valence-corrected chi connectivity index (χ1v) is 18.6. The zero-order valence-electron chi connectivity index (χ0n) is 27.2. The van der Waals surface area contributed by atoms with Crippen molar-refractivity contribution in [3.05, 3.63) is 36.5 Å². The highest BCUT2D eigenvalue weighted by Crippen LogP contribution is 2.45. The summed E-state index contributed by atoms with van der Waals surface area (Å²) < 4.78 is 33.5. The highest BCUT2D eigenvalue weighted by atomic mass is 32.2. The minimum atomic E-state index is -3.87. The Kier molecular flexibility index (Phi) is 9.08. The molecule has 4 amide bonds. The van der Waals surface area contributed by atoms with E-state index in [0.717, 1.165) is 12.8 Å². The Morgan fingerprint density at radius 3 is 2.52 bits per heavy atom. The normalized spacial score (nSPS) is 25.9. The van der Waals surface area contributed by atoms with Crippen molar-refractivity contribution in [3.8, 4) is 16.7 Å². The number of amides is 4. The van der Waals surface area contributed by atoms with Gasteiger partial charge in [0.05, 0.1) is 11.8 Å². The lowest BCUT2D eigenvalue weighted by atomic mass is 9.85. The van der Waals surface area contributed by atoms with E-state index in [1.165, 1.54) is 28.5 Å². The van der Waals surface area contributed by atoms with Crippen molar-refractivity contribution in [1.29, 1.82) is 0 Å². The number of thiazole rings is 1. The molecule has 16 heteroatoms. The van der Waals surface area contributed by atoms with E-state index in [-0.39, 0.29) is 31.3 Å². The minimum absolute atomic E-state index is 0.0209. The quantitative estimate of drug-likeness (QED) is 0.261. The second-order valence-corrected chi connectivity index (χ2v) is 17.1. The average Bonchev–Trinajstić information content (AvgIpc) is 3.98. The van der Waals surface area contributed by atoms with Crippen LogP contribution in [0.5, 0.6) is 6.01 Å². The molecule has 6 rings (SSSR count). The third-order valence-corrected chi connectivity index (χ3v) is 11.9. The lowest BCUT2D eigenvalue weighted by Crippen LogP contribution is -2.60. The Labute approximate surface area is 283 Å². The summed E-state index contributed by atoms with van der Waals surface area (Å²) in [5, 5.41) is 7.56. The molecule has 1 aliphatic heterocycles. The van der Waals surface area contributed by atoms with Crippen LogP contribution in [0.15, 0.2) is 36.5 Å². The molecule has 5 atom stereocenters. The van der Waals surface area contributed by atoms with Gasteiger partial charge in [-0.05, 0) is 49.5 Å². The van der Waals surface area contributed by atoms with Gasteiger partial charge in [0.15, 0.2) is 0 Å². The number of hydrogen-bond donors (Lipinski definition) is 3. The molecule has 0 spiro atoms. The van der Waals surface area contributed by atoms with Gasteiger partial charge in [0.2, 0.25) is 27.7 Å². The second kappa shape index (κ2) is 12.8. The monoisotopic (exact) mass is 699 g/mol. The molecule has 0 bridgehead atoms. The summed E-state index contributed by atoms with van der Waals surface area (Å²) in [6, 6.07) is -0.318. The highest BCUT2D eigenvalue weighted by molar-refractivity contribution is 7.91. The third-order valence-electron chi connectivity index (χ3n) is 9.24. The van der Waals surface area contributed by atoms with E-state index < -0.39 is 68.1 Å². The maximum Gasteiger partial charge on any atom is 0.317 e. The smallest absolute Gasteiger partial charge is 0.317 e. The number of hydrogen-bond acceptors (Lipinski definition) is 11. The number of carbonyl (C=O) groups excluding carboxylic acids is 4. The van der Waals surface area contributed by atoms with Crippen LogP contribution in [0.4, 0.5) is 0 Å². The number of carbonyl (C=O) groups is 4. The third kappa shape index (κ3) is 7.38. The van der Waals surface area contributed by atoms with Gasteiger partial charge in [-0.1, -0.05) is 26.8 Å². The molecule has 3 heterocycles. The molecule has 0 unspecified atom stereocenters. The lowest BCUT2D eigenvalue weighted by molar-refractivity contribution is -0.144. The molecular weight excluding hydrogens is 659 g/mol. The molecule has 4 fully saturated rings. The zero-order chi connectivity index (χ0) is 34.4. The number of ether oxygens (including phenoxy) is 1. The topological polar surface area (TPSA) is 190 Å². The van der Waals surface area contributed by atoms with E-state index in [4.69, 9.17) is 4.74 Å². The number of nitrogens with one attached hydrogen (secondary N) is 3. The largest absolute Gasteiger partial charge is 0.458 e. The van der Waals surface area contributed by atoms with Crippen molar-refractivity contribution in [2.75, 3.05) is 6.54 Å². The molecule has 14 nitrogen and oxygen atoms in total. The first-order chi connectivity index (χ1) is 22.7. The molecule has 48 heavy (non-hydrogen) atoms. The number of rotatable bonds is 13. The summed E-state index contributed by atoms with van der Waals surface area (Å²) in [4.78, 5) is 69.0. The average molecular weight is 700 g/mol. The Hall–Kier alpha value is -3.92. The minimum Gasteiger partial charge on any atom is -0.458 e. The summed E-state index contributed by atoms with van der Waals surface area (Å²) in [6.07, 6.45) is 7.39. The van der Waals surface area contributed by atoms with Gasteiger partial charge in [-0.15, -0.1) is 17.9 Å². The van der Waals surface area contributed by atoms with Crippen LogP contribution in [0.25, 0.3) is 10.7 Å². The molecule has 0 aromatic carbocycles. The highest BCUT2D eigenvalue weighted by Gasteiger charge is 2.62. The van der Waals surface area contributed by atoms with Crippen molar-refractivity contribution in [3.63, 3.8) is 0 Å². The van der Waals surface area contributed by atoms with E-state index in [0.29, 0.717) is 35.9 Å². The van der Waals surface area contributed by atoms with Gasteiger partial charge in [-0.2, -0.15) is 4.98 Å². The SMILES string of the molecule is C=C[C@@H]1C[C@]1(NC(=O)[C@@H]1C[C@@H](Oc2nccc(-c3nccs3)n2)CN1C(=O)[C@@H](NC(=O)CC1CC1)C(C)(C)C)C(=O)NS(=O)(=O)C1CC1. The van der Waals surface area contributed by atoms with E-state index in [9.17, 15) is 27.6 Å². The fourth-order valence-corrected chi connectivity index (χ4v) is 8.00. The van der Waals surface area contributed by atoms with Gasteiger partial charge in [-0.25, -0.2) is 18.4 Å². The molecule has 258 valence electrons. The van der Waals surface area contributed by atoms with E-state index in [1.54, 1.807) is 12.3 Å². The van der Waals surface area contributed by atoms with Crippen molar-refractivity contribution >= 4 is 45.0 Å². The fraction of sp³-hybridized carbons (Fsp3) is 0.594. The second-order valence-electron chi connectivity index (χ2n) is 14.2. The first-order valence-electron chi connectivity index (χ1n) is 16.2. The number of nitrogens with zero attached hydrogens (tertiary/aromatic N) is 4. The zero-order valence-corrected chi connectivity index (χ0v) is 28.8. The van der Waals surface area contributed by atoms with Gasteiger partial charge >= 0.3 is 6.01 Å². The summed E-state index contributed by atoms with van der Waals surface area (Å²) in [6.45, 7) is 9.24. The molecule has 2 aromatic rings. The van der Waals surface area contributed by atoms with Crippen molar-refractivity contribution < 1.29 is 32.3 Å². The predicted molar refractivity (Wildman–Crippen MR) is 176 cm³/mol. The number of sulfonamides is 1. The summed E-state index contributed by atoms with van der Waals surface area (Å²) in [7, 11) is -3.87. The van der Waals surface area contributed by atoms with E-state index in [1.807, 2.05) is 26.2 Å². The van der Waals surface area contributed by atoms with Crippen molar-refractivity contribution in [1.82, 2.24) is 35.2 Å². The summed E-state index contributed by atoms with van der Waals surface area (Å²) in [5.41, 5.74) is -1.68. The van der Waals surface area contributed by atoms with Gasteiger partial charge < -0.3 is 20.3 Å². The van der Waals surface area contributed by atoms with Gasteiger partial charge in [0.25, 0.3) is 5.91 Å². The van der Waals surface area contributed by atoms with Crippen LogP contribution in [-0.2, 0) is 29.2 Å². The Morgan fingerprint density at radius 2 is 1.92 bits per heavy atom. The summed E-state index contributed by atoms with van der Waals surface area (Å²) >= 11 is 1.40. The van der Waals surface area contributed by atoms with Crippen LogP contribution >= 0.6 is 11.3 Å². The van der Waals surface area contributed by atoms with E-state index in [2.05, 4.69) is 36.9 Å². The number of likely N-dealkylation sites (tertiary alicyclic amines) is 1. The van der Waals surface area contributed by atoms with Crippen LogP contribution in [0.3, 0.4) is 0 Å². The molecule has 3 saturated carbocycles. The van der Waals surface area contributed by atoms with Gasteiger partial charge in [-0.3, -0.25) is 23.9 Å². The molecule has 4 aliphatic rings. The van der Waals surface area contributed by atoms with Crippen LogP contribution in [0.1, 0.15) is 65.7 Å². The number of aromatic nitrogens is 3. The standard InChI is InChI=1S/C32H41N7O7S2/c1-5-19-16-32(19,29(43)38-48(44,45)21-8-9-21)37-26(41)23-15-20(46-30-34-11-10-22(35-30)27-33-12-13-47-27)17-39(23)28(42)25(31(2,3)4)36-24(40)14-18-6-7-18/h5,10-13,18-21,23,25H,1,6-9,14-17H2,2-4H3,(H,36,40)(H,37,41)(H,38,43)/t19-,20-,23+,25-,32-/m1/s1. The molecule has 3 aliphatic carbocycles. The Bertz CT molecular complexity index is 1700. The van der Waals surface area contributed by atoms with Crippen LogP contribution < -0.4 is 20.1 Å². The molecule has 1 saturated heterocycles. The van der Waals surface area contributed by atoms with E-state index >= 15 is 0 Å². The Balaban J connectivity index is 1.25. The predicted octanol–water partition coefficient (Wildman–Crippen LogP) is 1.95.